The van der Waals surface area contributed by atoms with Crippen LogP contribution in [0.4, 0.5) is 5.69 Å². The maximum absolute atomic E-state index is 12.6. The van der Waals surface area contributed by atoms with Gasteiger partial charge in [-0.3, -0.25) is 9.78 Å². The van der Waals surface area contributed by atoms with E-state index < -0.39 is 0 Å². The molecule has 2 aliphatic rings. The topological polar surface area (TPSA) is 45.2 Å². The number of likely N-dealkylation sites (tertiary alicyclic amines) is 1. The van der Waals surface area contributed by atoms with Gasteiger partial charge in [-0.15, -0.1) is 0 Å². The van der Waals surface area contributed by atoms with E-state index in [0.717, 1.165) is 37.2 Å². The predicted octanol–water partition coefficient (Wildman–Crippen LogP) is 3.45. The van der Waals surface area contributed by atoms with Gasteiger partial charge in [-0.2, -0.15) is 0 Å². The van der Waals surface area contributed by atoms with Gasteiger partial charge in [0.25, 0.3) is 5.91 Å². The molecule has 1 saturated heterocycles. The van der Waals surface area contributed by atoms with Gasteiger partial charge in [0.15, 0.2) is 0 Å². The third-order valence-corrected chi connectivity index (χ3v) is 4.60. The number of rotatable bonds is 3. The number of amides is 1. The van der Waals surface area contributed by atoms with E-state index in [-0.39, 0.29) is 5.91 Å². The van der Waals surface area contributed by atoms with Crippen molar-refractivity contribution in [2.75, 3.05) is 18.4 Å². The highest BCUT2D eigenvalue weighted by Gasteiger charge is 2.19. The summed E-state index contributed by atoms with van der Waals surface area (Å²) in [7, 11) is 0. The van der Waals surface area contributed by atoms with E-state index in [1.165, 1.54) is 38.5 Å². The molecule has 0 aromatic carbocycles. The summed E-state index contributed by atoms with van der Waals surface area (Å²) in [5, 5.41) is 3.52. The molecule has 0 bridgehead atoms. The number of anilines is 1. The van der Waals surface area contributed by atoms with Crippen molar-refractivity contribution in [2.24, 2.45) is 0 Å². The SMILES string of the molecule is O=C(c1cncc(NC2CCCC2)c1)N1CCCCCC1. The largest absolute Gasteiger partial charge is 0.381 e. The van der Waals surface area contributed by atoms with Gasteiger partial charge in [-0.25, -0.2) is 0 Å². The number of nitrogens with zero attached hydrogens (tertiary/aromatic N) is 2. The molecule has 0 spiro atoms. The zero-order valence-electron chi connectivity index (χ0n) is 12.7. The number of hydrogen-bond acceptors (Lipinski definition) is 3. The molecule has 1 aliphatic carbocycles. The van der Waals surface area contributed by atoms with Crippen LogP contribution in [0.5, 0.6) is 0 Å². The molecule has 2 heterocycles. The first-order valence-electron chi connectivity index (χ1n) is 8.34. The van der Waals surface area contributed by atoms with Crippen LogP contribution >= 0.6 is 0 Å². The molecule has 114 valence electrons. The second-order valence-corrected chi connectivity index (χ2v) is 6.29. The first-order chi connectivity index (χ1) is 10.3. The number of hydrogen-bond donors (Lipinski definition) is 1. The van der Waals surface area contributed by atoms with Gasteiger partial charge in [-0.1, -0.05) is 25.7 Å². The Hall–Kier alpha value is -1.58. The fraction of sp³-hybridized carbons (Fsp3) is 0.647. The summed E-state index contributed by atoms with van der Waals surface area (Å²) in [5.41, 5.74) is 1.71. The minimum atomic E-state index is 0.138. The molecule has 3 rings (SSSR count). The molecule has 1 saturated carbocycles. The maximum Gasteiger partial charge on any atom is 0.255 e. The van der Waals surface area contributed by atoms with Crippen LogP contribution in [0.3, 0.4) is 0 Å². The average Bonchev–Trinajstić information content (AvgIpc) is 2.87. The molecular weight excluding hydrogens is 262 g/mol. The highest BCUT2D eigenvalue weighted by molar-refractivity contribution is 5.94. The minimum absolute atomic E-state index is 0.138. The molecule has 4 nitrogen and oxygen atoms in total. The summed E-state index contributed by atoms with van der Waals surface area (Å²) in [5.74, 6) is 0.138. The first-order valence-corrected chi connectivity index (χ1v) is 8.34. The van der Waals surface area contributed by atoms with E-state index in [1.807, 2.05) is 17.2 Å². The van der Waals surface area contributed by atoms with Crippen LogP contribution in [0.15, 0.2) is 18.5 Å². The molecule has 21 heavy (non-hydrogen) atoms. The fourth-order valence-electron chi connectivity index (χ4n) is 3.40. The quantitative estimate of drug-likeness (QED) is 0.926. The Morgan fingerprint density at radius 1 is 1.05 bits per heavy atom. The molecule has 1 amide bonds. The normalized spacial score (nSPS) is 20.3. The van der Waals surface area contributed by atoms with Gasteiger partial charge >= 0.3 is 0 Å². The van der Waals surface area contributed by atoms with Crippen molar-refractivity contribution >= 4 is 11.6 Å². The lowest BCUT2D eigenvalue weighted by Gasteiger charge is -2.21. The highest BCUT2D eigenvalue weighted by atomic mass is 16.2. The Labute approximate surface area is 126 Å². The Balaban J connectivity index is 1.67. The molecule has 0 atom stereocenters. The molecule has 1 aromatic heterocycles. The Kier molecular flexibility index (Phi) is 4.73. The number of aromatic nitrogens is 1. The van der Waals surface area contributed by atoms with Crippen LogP contribution in [0.1, 0.15) is 61.7 Å². The minimum Gasteiger partial charge on any atom is -0.381 e. The van der Waals surface area contributed by atoms with Crippen LogP contribution in [0.2, 0.25) is 0 Å². The van der Waals surface area contributed by atoms with Gasteiger partial charge in [0, 0.05) is 31.5 Å². The lowest BCUT2D eigenvalue weighted by molar-refractivity contribution is 0.0761. The number of carbonyl (C=O) groups excluding carboxylic acids is 1. The van der Waals surface area contributed by atoms with Gasteiger partial charge < -0.3 is 10.2 Å². The molecule has 0 radical (unpaired) electrons. The maximum atomic E-state index is 12.6. The fourth-order valence-corrected chi connectivity index (χ4v) is 3.40. The van der Waals surface area contributed by atoms with Crippen LogP contribution < -0.4 is 5.32 Å². The van der Waals surface area contributed by atoms with E-state index in [2.05, 4.69) is 10.3 Å². The molecule has 4 heteroatoms. The summed E-state index contributed by atoms with van der Waals surface area (Å²) < 4.78 is 0. The smallest absolute Gasteiger partial charge is 0.255 e. The van der Waals surface area contributed by atoms with Crippen molar-refractivity contribution in [3.8, 4) is 0 Å². The van der Waals surface area contributed by atoms with E-state index >= 15 is 0 Å². The van der Waals surface area contributed by atoms with Crippen molar-refractivity contribution in [1.29, 1.82) is 0 Å². The zero-order valence-corrected chi connectivity index (χ0v) is 12.7. The Morgan fingerprint density at radius 2 is 1.76 bits per heavy atom. The van der Waals surface area contributed by atoms with Crippen LogP contribution in [-0.4, -0.2) is 34.9 Å². The lowest BCUT2D eigenvalue weighted by Crippen LogP contribution is -2.32. The second kappa shape index (κ2) is 6.92. The standard InChI is InChI=1S/C17H25N3O/c21-17(20-9-5-1-2-6-10-20)14-11-16(13-18-12-14)19-15-7-3-4-8-15/h11-13,15,19H,1-10H2. The summed E-state index contributed by atoms with van der Waals surface area (Å²) >= 11 is 0. The molecule has 0 unspecified atom stereocenters. The second-order valence-electron chi connectivity index (χ2n) is 6.29. The van der Waals surface area contributed by atoms with Crippen LogP contribution in [-0.2, 0) is 0 Å². The monoisotopic (exact) mass is 287 g/mol. The number of carbonyl (C=O) groups is 1. The molecule has 1 N–H and O–H groups in total. The van der Waals surface area contributed by atoms with Crippen LogP contribution in [0, 0.1) is 0 Å². The van der Waals surface area contributed by atoms with Crippen molar-refractivity contribution in [3.05, 3.63) is 24.0 Å². The molecular formula is C17H25N3O. The van der Waals surface area contributed by atoms with Gasteiger partial charge in [-0.05, 0) is 31.7 Å². The van der Waals surface area contributed by atoms with Crippen molar-refractivity contribution in [3.63, 3.8) is 0 Å². The predicted molar refractivity (Wildman–Crippen MR) is 84.5 cm³/mol. The highest BCUT2D eigenvalue weighted by Crippen LogP contribution is 2.22. The van der Waals surface area contributed by atoms with Gasteiger partial charge in [0.2, 0.25) is 0 Å². The zero-order chi connectivity index (χ0) is 14.5. The van der Waals surface area contributed by atoms with Crippen LogP contribution in [0.25, 0.3) is 0 Å². The summed E-state index contributed by atoms with van der Waals surface area (Å²) in [4.78, 5) is 18.8. The molecule has 1 aliphatic heterocycles. The van der Waals surface area contributed by atoms with E-state index in [4.69, 9.17) is 0 Å². The molecule has 2 fully saturated rings. The summed E-state index contributed by atoms with van der Waals surface area (Å²) in [6.45, 7) is 1.78. The summed E-state index contributed by atoms with van der Waals surface area (Å²) in [6, 6.07) is 2.52. The summed E-state index contributed by atoms with van der Waals surface area (Å²) in [6.07, 6.45) is 13.3. The van der Waals surface area contributed by atoms with Gasteiger partial charge in [0.05, 0.1) is 11.3 Å². The third kappa shape index (κ3) is 3.74. The average molecular weight is 287 g/mol. The molecule has 1 aromatic rings. The van der Waals surface area contributed by atoms with E-state index in [1.54, 1.807) is 6.20 Å². The van der Waals surface area contributed by atoms with E-state index in [0.29, 0.717) is 6.04 Å². The first kappa shape index (κ1) is 14.4. The van der Waals surface area contributed by atoms with Crippen molar-refractivity contribution in [1.82, 2.24) is 9.88 Å². The van der Waals surface area contributed by atoms with Gasteiger partial charge in [0.1, 0.15) is 0 Å². The Bertz CT molecular complexity index is 475. The van der Waals surface area contributed by atoms with Crippen molar-refractivity contribution in [2.45, 2.75) is 57.4 Å². The lowest BCUT2D eigenvalue weighted by atomic mass is 10.2. The number of pyridine rings is 1. The third-order valence-electron chi connectivity index (χ3n) is 4.60. The van der Waals surface area contributed by atoms with E-state index in [9.17, 15) is 4.79 Å². The number of nitrogens with one attached hydrogen (secondary N) is 1. The van der Waals surface area contributed by atoms with Crippen molar-refractivity contribution < 1.29 is 4.79 Å². The Morgan fingerprint density at radius 3 is 2.48 bits per heavy atom.